The lowest BCUT2D eigenvalue weighted by molar-refractivity contribution is -0.140. The van der Waals surface area contributed by atoms with Gasteiger partial charge in [-0.05, 0) is 31.1 Å². The summed E-state index contributed by atoms with van der Waals surface area (Å²) >= 11 is 0. The molecule has 72 valence electrons. The molecule has 2 aliphatic rings. The Labute approximate surface area is 77.4 Å². The van der Waals surface area contributed by atoms with Gasteiger partial charge in [0.1, 0.15) is 6.61 Å². The van der Waals surface area contributed by atoms with Crippen molar-refractivity contribution in [2.75, 3.05) is 13.2 Å². The predicted molar refractivity (Wildman–Crippen MR) is 47.0 cm³/mol. The zero-order valence-corrected chi connectivity index (χ0v) is 7.53. The molecule has 0 amide bonds. The van der Waals surface area contributed by atoms with Crippen molar-refractivity contribution >= 4 is 5.97 Å². The molecule has 3 heteroatoms. The first kappa shape index (κ1) is 8.75. The summed E-state index contributed by atoms with van der Waals surface area (Å²) in [7, 11) is 0. The van der Waals surface area contributed by atoms with E-state index in [2.05, 4.69) is 0 Å². The normalized spacial score (nSPS) is 30.4. The maximum Gasteiger partial charge on any atom is 0.334 e. The van der Waals surface area contributed by atoms with Gasteiger partial charge in [0, 0.05) is 5.57 Å². The van der Waals surface area contributed by atoms with Gasteiger partial charge in [0.2, 0.25) is 0 Å². The second-order valence-electron chi connectivity index (χ2n) is 3.75. The highest BCUT2D eigenvalue weighted by Gasteiger charge is 2.36. The molecule has 2 aliphatic carbocycles. The fraction of sp³-hybridized carbons (Fsp3) is 0.700. The Kier molecular flexibility index (Phi) is 2.36. The van der Waals surface area contributed by atoms with Crippen LogP contribution in [-0.2, 0) is 9.53 Å². The number of hydrogen-bond donors (Lipinski definition) is 1. The highest BCUT2D eigenvalue weighted by Crippen LogP contribution is 2.43. The summed E-state index contributed by atoms with van der Waals surface area (Å²) in [5.74, 6) is 0.833. The van der Waals surface area contributed by atoms with Crippen LogP contribution in [0.1, 0.15) is 19.3 Å². The number of aliphatic hydroxyl groups is 1. The minimum Gasteiger partial charge on any atom is -0.460 e. The van der Waals surface area contributed by atoms with E-state index in [0.29, 0.717) is 11.8 Å². The Hall–Kier alpha value is -0.830. The van der Waals surface area contributed by atoms with E-state index in [9.17, 15) is 4.79 Å². The molecule has 0 saturated heterocycles. The highest BCUT2D eigenvalue weighted by molar-refractivity contribution is 5.89. The topological polar surface area (TPSA) is 46.5 Å². The Morgan fingerprint density at radius 1 is 1.62 bits per heavy atom. The minimum atomic E-state index is -0.221. The summed E-state index contributed by atoms with van der Waals surface area (Å²) in [5, 5.41) is 8.49. The number of esters is 1. The van der Waals surface area contributed by atoms with Crippen LogP contribution in [0.25, 0.3) is 0 Å². The largest absolute Gasteiger partial charge is 0.460 e. The minimum absolute atomic E-state index is 0.0902. The molecule has 2 bridgehead atoms. The van der Waals surface area contributed by atoms with Crippen molar-refractivity contribution in [3.05, 3.63) is 11.6 Å². The lowest BCUT2D eigenvalue weighted by atomic mass is 9.99. The van der Waals surface area contributed by atoms with Gasteiger partial charge < -0.3 is 9.84 Å². The molecule has 0 aromatic rings. The number of fused-ring (bicyclic) bond motifs is 2. The van der Waals surface area contributed by atoms with Gasteiger partial charge in [-0.1, -0.05) is 6.08 Å². The molecule has 1 N–H and O–H groups in total. The fourth-order valence-electron chi connectivity index (χ4n) is 2.30. The van der Waals surface area contributed by atoms with Crippen molar-refractivity contribution in [3.8, 4) is 0 Å². The lowest BCUT2D eigenvalue weighted by Crippen LogP contribution is -2.15. The van der Waals surface area contributed by atoms with Gasteiger partial charge in [-0.25, -0.2) is 4.79 Å². The first-order chi connectivity index (χ1) is 6.31. The molecule has 0 aromatic carbocycles. The summed E-state index contributed by atoms with van der Waals surface area (Å²) < 4.78 is 4.87. The van der Waals surface area contributed by atoms with E-state index in [4.69, 9.17) is 9.84 Å². The van der Waals surface area contributed by atoms with Gasteiger partial charge >= 0.3 is 5.97 Å². The van der Waals surface area contributed by atoms with E-state index in [1.54, 1.807) is 0 Å². The van der Waals surface area contributed by atoms with Gasteiger partial charge in [0.25, 0.3) is 0 Å². The van der Waals surface area contributed by atoms with Crippen LogP contribution in [0.5, 0.6) is 0 Å². The van der Waals surface area contributed by atoms with Crippen LogP contribution >= 0.6 is 0 Å². The molecule has 0 radical (unpaired) electrons. The van der Waals surface area contributed by atoms with Gasteiger partial charge in [0.15, 0.2) is 0 Å². The van der Waals surface area contributed by atoms with Crippen molar-refractivity contribution in [2.24, 2.45) is 11.8 Å². The number of aliphatic hydroxyl groups excluding tert-OH is 1. The maximum atomic E-state index is 11.4. The first-order valence-electron chi connectivity index (χ1n) is 4.81. The third-order valence-electron chi connectivity index (χ3n) is 2.89. The average molecular weight is 182 g/mol. The Bertz CT molecular complexity index is 245. The van der Waals surface area contributed by atoms with Crippen molar-refractivity contribution in [1.82, 2.24) is 0 Å². The quantitative estimate of drug-likeness (QED) is 0.659. The Morgan fingerprint density at radius 3 is 3.00 bits per heavy atom. The van der Waals surface area contributed by atoms with Crippen molar-refractivity contribution < 1.29 is 14.6 Å². The summed E-state index contributed by atoms with van der Waals surface area (Å²) in [6, 6.07) is 0. The number of ether oxygens (including phenoxy) is 1. The van der Waals surface area contributed by atoms with Crippen molar-refractivity contribution in [3.63, 3.8) is 0 Å². The third kappa shape index (κ3) is 1.61. The Balaban J connectivity index is 1.94. The van der Waals surface area contributed by atoms with Crippen molar-refractivity contribution in [1.29, 1.82) is 0 Å². The average Bonchev–Trinajstić information content (AvgIpc) is 2.74. The van der Waals surface area contributed by atoms with Crippen LogP contribution in [0.15, 0.2) is 11.6 Å². The SMILES string of the molecule is O=C(OCCO)C1=C[C@@H]2CC[C@H]1C2. The number of allylic oxidation sites excluding steroid dienone is 1. The molecule has 0 heterocycles. The monoisotopic (exact) mass is 182 g/mol. The van der Waals surface area contributed by atoms with Crippen LogP contribution in [-0.4, -0.2) is 24.3 Å². The second kappa shape index (κ2) is 3.50. The van der Waals surface area contributed by atoms with E-state index in [1.165, 1.54) is 6.42 Å². The number of hydrogen-bond acceptors (Lipinski definition) is 3. The molecule has 0 aliphatic heterocycles. The molecule has 3 nitrogen and oxygen atoms in total. The maximum absolute atomic E-state index is 11.4. The fourth-order valence-corrected chi connectivity index (χ4v) is 2.30. The van der Waals surface area contributed by atoms with E-state index in [1.807, 2.05) is 6.08 Å². The molecule has 1 saturated carbocycles. The molecule has 0 spiro atoms. The standard InChI is InChI=1S/C10H14O3/c11-3-4-13-10(12)9-6-7-1-2-8(9)5-7/h6-8,11H,1-5H2/t7-,8+/m1/s1. The van der Waals surface area contributed by atoms with Crippen LogP contribution < -0.4 is 0 Å². The summed E-state index contributed by atoms with van der Waals surface area (Å²) in [4.78, 5) is 11.4. The Morgan fingerprint density at radius 2 is 2.46 bits per heavy atom. The van der Waals surface area contributed by atoms with E-state index >= 15 is 0 Å². The van der Waals surface area contributed by atoms with Gasteiger partial charge in [0.05, 0.1) is 6.61 Å². The van der Waals surface area contributed by atoms with Crippen LogP contribution in [0.2, 0.25) is 0 Å². The number of rotatable bonds is 3. The zero-order chi connectivity index (χ0) is 9.26. The third-order valence-corrected chi connectivity index (χ3v) is 2.89. The number of carbonyl (C=O) groups excluding carboxylic acids is 1. The summed E-state index contributed by atoms with van der Waals surface area (Å²) in [5.41, 5.74) is 0.852. The smallest absolute Gasteiger partial charge is 0.334 e. The van der Waals surface area contributed by atoms with E-state index in [0.717, 1.165) is 18.4 Å². The molecule has 2 rings (SSSR count). The zero-order valence-electron chi connectivity index (χ0n) is 7.53. The number of carbonyl (C=O) groups is 1. The molecule has 0 aromatic heterocycles. The summed E-state index contributed by atoms with van der Waals surface area (Å²) in [6.07, 6.45) is 5.53. The first-order valence-corrected chi connectivity index (χ1v) is 4.81. The molecule has 1 fully saturated rings. The van der Waals surface area contributed by atoms with Gasteiger partial charge in [-0.3, -0.25) is 0 Å². The van der Waals surface area contributed by atoms with Crippen LogP contribution in [0, 0.1) is 11.8 Å². The summed E-state index contributed by atoms with van der Waals surface area (Å²) in [6.45, 7) is 0.0284. The van der Waals surface area contributed by atoms with Crippen LogP contribution in [0.4, 0.5) is 0 Å². The van der Waals surface area contributed by atoms with E-state index in [-0.39, 0.29) is 19.2 Å². The van der Waals surface area contributed by atoms with Gasteiger partial charge in [-0.2, -0.15) is 0 Å². The van der Waals surface area contributed by atoms with E-state index < -0.39 is 0 Å². The molecular formula is C10H14O3. The lowest BCUT2D eigenvalue weighted by Gasteiger charge is -2.11. The van der Waals surface area contributed by atoms with Gasteiger partial charge in [-0.15, -0.1) is 0 Å². The molecular weight excluding hydrogens is 168 g/mol. The van der Waals surface area contributed by atoms with Crippen molar-refractivity contribution in [2.45, 2.75) is 19.3 Å². The molecule has 0 unspecified atom stereocenters. The highest BCUT2D eigenvalue weighted by atomic mass is 16.5. The predicted octanol–water partition coefficient (Wildman–Crippen LogP) is 0.878. The van der Waals surface area contributed by atoms with Crippen LogP contribution in [0.3, 0.4) is 0 Å². The second-order valence-corrected chi connectivity index (χ2v) is 3.75. The molecule has 2 atom stereocenters. The molecule has 13 heavy (non-hydrogen) atoms.